The number of hydrogen-bond acceptors (Lipinski definition) is 5. The highest BCUT2D eigenvalue weighted by molar-refractivity contribution is 7.15. The average molecular weight is 433 g/mol. The van der Waals surface area contributed by atoms with E-state index in [1.165, 1.54) is 11.3 Å². The van der Waals surface area contributed by atoms with E-state index in [-0.39, 0.29) is 29.7 Å². The van der Waals surface area contributed by atoms with Crippen LogP contribution in [0.2, 0.25) is 0 Å². The number of rotatable bonds is 6. The van der Waals surface area contributed by atoms with Crippen molar-refractivity contribution in [2.45, 2.75) is 12.3 Å². The van der Waals surface area contributed by atoms with Crippen LogP contribution in [0.15, 0.2) is 48.5 Å². The number of benzene rings is 2. The molecule has 0 spiro atoms. The van der Waals surface area contributed by atoms with Crippen LogP contribution in [-0.4, -0.2) is 30.7 Å². The second kappa shape index (κ2) is 8.54. The molecule has 0 fully saturated rings. The molecule has 1 aliphatic heterocycles. The van der Waals surface area contributed by atoms with E-state index in [2.05, 4.69) is 11.2 Å². The minimum absolute atomic E-state index is 0.158. The Bertz CT molecular complexity index is 1170. The number of ether oxygens (including phenoxy) is 2. The maximum Gasteiger partial charge on any atom is 0.346 e. The van der Waals surface area contributed by atoms with Gasteiger partial charge in [-0.05, 0) is 35.4 Å². The van der Waals surface area contributed by atoms with Crippen LogP contribution in [-0.2, 0) is 4.79 Å². The predicted molar refractivity (Wildman–Crippen MR) is 119 cm³/mol. The van der Waals surface area contributed by atoms with E-state index in [9.17, 15) is 14.7 Å². The number of methoxy groups -OCH3 is 1. The molecule has 1 amide bonds. The topological polar surface area (TPSA) is 84.9 Å². The smallest absolute Gasteiger partial charge is 0.346 e. The van der Waals surface area contributed by atoms with E-state index in [1.807, 2.05) is 12.1 Å². The summed E-state index contributed by atoms with van der Waals surface area (Å²) in [5.41, 5.74) is 2.68. The molecule has 31 heavy (non-hydrogen) atoms. The fourth-order valence-corrected chi connectivity index (χ4v) is 4.91. The highest BCUT2D eigenvalue weighted by Gasteiger charge is 2.34. The van der Waals surface area contributed by atoms with Gasteiger partial charge in [-0.25, -0.2) is 4.79 Å². The molecule has 1 unspecified atom stereocenters. The van der Waals surface area contributed by atoms with E-state index < -0.39 is 5.97 Å². The highest BCUT2D eigenvalue weighted by atomic mass is 32.1. The largest absolute Gasteiger partial charge is 0.497 e. The summed E-state index contributed by atoms with van der Waals surface area (Å²) in [5, 5.41) is 12.8. The van der Waals surface area contributed by atoms with Crippen molar-refractivity contribution in [2.75, 3.05) is 19.0 Å². The summed E-state index contributed by atoms with van der Waals surface area (Å²) in [6, 6.07) is 14.5. The molecule has 0 bridgehead atoms. The predicted octanol–water partition coefficient (Wildman–Crippen LogP) is 4.61. The zero-order chi connectivity index (χ0) is 22.0. The zero-order valence-corrected chi connectivity index (χ0v) is 17.5. The lowest BCUT2D eigenvalue weighted by Crippen LogP contribution is -2.22. The first kappa shape index (κ1) is 20.5. The third-order valence-corrected chi connectivity index (χ3v) is 6.37. The van der Waals surface area contributed by atoms with Crippen LogP contribution in [0, 0.1) is 12.3 Å². The third kappa shape index (κ3) is 3.98. The second-order valence-electron chi connectivity index (χ2n) is 6.95. The number of amides is 1. The Morgan fingerprint density at radius 1 is 1.19 bits per heavy atom. The Morgan fingerprint density at radius 3 is 2.48 bits per heavy atom. The quantitative estimate of drug-likeness (QED) is 0.555. The van der Waals surface area contributed by atoms with Gasteiger partial charge in [0.05, 0.1) is 12.8 Å². The number of aromatic carboxylic acids is 1. The van der Waals surface area contributed by atoms with Gasteiger partial charge in [0.1, 0.15) is 23.0 Å². The summed E-state index contributed by atoms with van der Waals surface area (Å²) in [7, 11) is 1.57. The number of terminal acetylenes is 1. The Morgan fingerprint density at radius 2 is 1.87 bits per heavy atom. The minimum atomic E-state index is -1.03. The summed E-state index contributed by atoms with van der Waals surface area (Å²) >= 11 is 1.19. The van der Waals surface area contributed by atoms with Gasteiger partial charge in [-0.3, -0.25) is 4.79 Å². The fraction of sp³-hybridized carbons (Fsp3) is 0.167. The standard InChI is InChI=1S/C24H19NO5S/c1-3-12-30-17-10-4-14(5-11-17)18-13-19(26)25-21-20(23(24(27)28)31-22(18)21)15-6-8-16(29-2)9-7-15/h1,4-11,18H,12-13H2,2H3,(H,25,26)(H,27,28). The van der Waals surface area contributed by atoms with E-state index in [0.29, 0.717) is 28.3 Å². The molecule has 0 saturated heterocycles. The molecule has 2 N–H and O–H groups in total. The Kier molecular flexibility index (Phi) is 5.65. The van der Waals surface area contributed by atoms with Gasteiger partial charge in [0.15, 0.2) is 0 Å². The van der Waals surface area contributed by atoms with Crippen LogP contribution in [0.5, 0.6) is 11.5 Å². The van der Waals surface area contributed by atoms with Gasteiger partial charge < -0.3 is 19.9 Å². The zero-order valence-electron chi connectivity index (χ0n) is 16.7. The molecule has 4 rings (SSSR count). The van der Waals surface area contributed by atoms with Crippen molar-refractivity contribution in [3.63, 3.8) is 0 Å². The summed E-state index contributed by atoms with van der Waals surface area (Å²) in [6.07, 6.45) is 5.46. The summed E-state index contributed by atoms with van der Waals surface area (Å²) in [5.74, 6) is 2.28. The lowest BCUT2D eigenvalue weighted by Gasteiger charge is -2.24. The number of anilines is 1. The number of nitrogens with one attached hydrogen (secondary N) is 1. The molecule has 0 saturated carbocycles. The molecule has 1 aliphatic rings. The van der Waals surface area contributed by atoms with Crippen LogP contribution >= 0.6 is 11.3 Å². The normalized spacial score (nSPS) is 14.8. The third-order valence-electron chi connectivity index (χ3n) is 5.08. The number of fused-ring (bicyclic) bond motifs is 1. The first-order valence-electron chi connectivity index (χ1n) is 9.52. The van der Waals surface area contributed by atoms with Gasteiger partial charge in [-0.15, -0.1) is 17.8 Å². The molecule has 3 aromatic rings. The van der Waals surface area contributed by atoms with Crippen molar-refractivity contribution < 1.29 is 24.2 Å². The molecule has 2 aromatic carbocycles. The van der Waals surface area contributed by atoms with E-state index >= 15 is 0 Å². The van der Waals surface area contributed by atoms with Gasteiger partial charge >= 0.3 is 5.97 Å². The number of carbonyl (C=O) groups is 2. The molecular weight excluding hydrogens is 414 g/mol. The van der Waals surface area contributed by atoms with Gasteiger partial charge in [-0.1, -0.05) is 30.2 Å². The van der Waals surface area contributed by atoms with Crippen molar-refractivity contribution in [2.24, 2.45) is 0 Å². The van der Waals surface area contributed by atoms with Gasteiger partial charge in [0.25, 0.3) is 0 Å². The van der Waals surface area contributed by atoms with Crippen molar-refractivity contribution in [3.8, 4) is 35.0 Å². The maximum atomic E-state index is 12.6. The molecule has 1 aromatic heterocycles. The number of carbonyl (C=O) groups excluding carboxylic acids is 1. The Hall–Kier alpha value is -3.76. The molecule has 0 radical (unpaired) electrons. The van der Waals surface area contributed by atoms with Crippen LogP contribution in [0.25, 0.3) is 11.1 Å². The number of carboxylic acids is 1. The van der Waals surface area contributed by atoms with Crippen molar-refractivity contribution >= 4 is 28.9 Å². The second-order valence-corrected chi connectivity index (χ2v) is 8.00. The molecule has 0 aliphatic carbocycles. The van der Waals surface area contributed by atoms with Crippen LogP contribution in [0.3, 0.4) is 0 Å². The molecule has 1 atom stereocenters. The summed E-state index contributed by atoms with van der Waals surface area (Å²) < 4.78 is 10.6. The molecular formula is C24H19NO5S. The lowest BCUT2D eigenvalue weighted by atomic mass is 9.88. The number of hydrogen-bond donors (Lipinski definition) is 2. The van der Waals surface area contributed by atoms with E-state index in [1.54, 1.807) is 43.5 Å². The lowest BCUT2D eigenvalue weighted by molar-refractivity contribution is -0.116. The maximum absolute atomic E-state index is 12.6. The average Bonchev–Trinajstić information content (AvgIpc) is 3.17. The van der Waals surface area contributed by atoms with Gasteiger partial charge in [-0.2, -0.15) is 0 Å². The Balaban J connectivity index is 1.79. The first-order valence-corrected chi connectivity index (χ1v) is 10.3. The molecule has 156 valence electrons. The fourth-order valence-electron chi connectivity index (χ4n) is 3.66. The van der Waals surface area contributed by atoms with Gasteiger partial charge in [0.2, 0.25) is 5.91 Å². The van der Waals surface area contributed by atoms with Crippen LogP contribution in [0.1, 0.15) is 32.5 Å². The summed E-state index contributed by atoms with van der Waals surface area (Å²) in [6.45, 7) is 0.174. The van der Waals surface area contributed by atoms with Crippen molar-refractivity contribution in [3.05, 3.63) is 63.8 Å². The number of thiophene rings is 1. The molecule has 2 heterocycles. The van der Waals surface area contributed by atoms with Crippen molar-refractivity contribution in [1.29, 1.82) is 0 Å². The van der Waals surface area contributed by atoms with Crippen molar-refractivity contribution in [1.82, 2.24) is 0 Å². The van der Waals surface area contributed by atoms with E-state index in [0.717, 1.165) is 10.4 Å². The number of carboxylic acid groups (broad SMARTS) is 1. The summed E-state index contributed by atoms with van der Waals surface area (Å²) in [4.78, 5) is 25.6. The highest BCUT2D eigenvalue weighted by Crippen LogP contribution is 2.49. The van der Waals surface area contributed by atoms with Crippen LogP contribution in [0.4, 0.5) is 5.69 Å². The molecule has 7 heteroatoms. The van der Waals surface area contributed by atoms with Gasteiger partial charge in [0, 0.05) is 22.8 Å². The monoisotopic (exact) mass is 433 g/mol. The molecule has 6 nitrogen and oxygen atoms in total. The minimum Gasteiger partial charge on any atom is -0.497 e. The van der Waals surface area contributed by atoms with E-state index in [4.69, 9.17) is 15.9 Å². The first-order chi connectivity index (χ1) is 15.0. The van der Waals surface area contributed by atoms with Crippen LogP contribution < -0.4 is 14.8 Å². The SMILES string of the molecule is C#CCOc1ccc(C2CC(=O)Nc3c2sc(C(=O)O)c3-c2ccc(OC)cc2)cc1. The Labute approximate surface area is 183 Å².